The molecule has 0 aliphatic carbocycles. The maximum Gasteiger partial charge on any atom is 0.0631 e. The van der Waals surface area contributed by atoms with Crippen molar-refractivity contribution >= 4 is 6.21 Å². The van der Waals surface area contributed by atoms with Gasteiger partial charge in [-0.25, -0.2) is 0 Å². The summed E-state index contributed by atoms with van der Waals surface area (Å²) < 4.78 is 6.00. The molecule has 0 N–H and O–H groups in total. The first-order chi connectivity index (χ1) is 12.1. The van der Waals surface area contributed by atoms with Crippen LogP contribution in [0.4, 0.5) is 0 Å². The third-order valence-electron chi connectivity index (χ3n) is 5.16. The third kappa shape index (κ3) is 5.27. The molecular weight excluding hydrogens is 306 g/mol. The van der Waals surface area contributed by atoms with E-state index in [1.54, 1.807) is 0 Å². The van der Waals surface area contributed by atoms with Crippen molar-refractivity contribution in [1.82, 2.24) is 0 Å². The van der Waals surface area contributed by atoms with Crippen LogP contribution in [0.2, 0.25) is 0 Å². The lowest BCUT2D eigenvalue weighted by Crippen LogP contribution is -2.43. The van der Waals surface area contributed by atoms with E-state index in [2.05, 4.69) is 68.4 Å². The first-order valence-electron chi connectivity index (χ1n) is 9.30. The summed E-state index contributed by atoms with van der Waals surface area (Å²) >= 11 is 0. The molecule has 25 heavy (non-hydrogen) atoms. The second-order valence-corrected chi connectivity index (χ2v) is 7.89. The fraction of sp³-hybridized carbons (Fsp3) is 0.435. The fourth-order valence-electron chi connectivity index (χ4n) is 4.08. The number of rotatable bonds is 6. The van der Waals surface area contributed by atoms with Crippen LogP contribution in [0.15, 0.2) is 65.7 Å². The lowest BCUT2D eigenvalue weighted by atomic mass is 9.68. The second-order valence-electron chi connectivity index (χ2n) is 7.89. The summed E-state index contributed by atoms with van der Waals surface area (Å²) in [4.78, 5) is 4.70. The van der Waals surface area contributed by atoms with Gasteiger partial charge < -0.3 is 4.74 Å². The summed E-state index contributed by atoms with van der Waals surface area (Å²) in [5.41, 5.74) is 2.83. The Kier molecular flexibility index (Phi) is 5.70. The van der Waals surface area contributed by atoms with Gasteiger partial charge in [0.25, 0.3) is 0 Å². The van der Waals surface area contributed by atoms with E-state index in [0.717, 1.165) is 38.8 Å². The normalized spacial score (nSPS) is 23.0. The van der Waals surface area contributed by atoms with Gasteiger partial charge >= 0.3 is 0 Å². The average molecular weight is 335 g/mol. The molecule has 1 saturated heterocycles. The molecule has 0 spiro atoms. The zero-order chi connectivity index (χ0) is 17.6. The van der Waals surface area contributed by atoms with E-state index < -0.39 is 0 Å². The molecule has 2 heteroatoms. The minimum atomic E-state index is -0.0455. The molecule has 1 atom stereocenters. The summed E-state index contributed by atoms with van der Waals surface area (Å²) in [6.07, 6.45) is 6.43. The number of benzene rings is 2. The first-order valence-corrected chi connectivity index (χ1v) is 9.30. The standard InChI is InChI=1S/C23H29NO/c1-22(2)19-23(14-16-25-22,17-20-9-5-3-6-10-20)13-15-24-18-21-11-7-4-8-12-21/h3-12,18H,13-17,19H2,1-2H3. The van der Waals surface area contributed by atoms with Gasteiger partial charge in [-0.15, -0.1) is 0 Å². The van der Waals surface area contributed by atoms with Gasteiger partial charge in [0.2, 0.25) is 0 Å². The lowest BCUT2D eigenvalue weighted by Gasteiger charge is -2.45. The quantitative estimate of drug-likeness (QED) is 0.655. The zero-order valence-corrected chi connectivity index (χ0v) is 15.4. The van der Waals surface area contributed by atoms with Gasteiger partial charge in [0.15, 0.2) is 0 Å². The molecular formula is C23H29NO. The highest BCUT2D eigenvalue weighted by Gasteiger charge is 2.40. The highest BCUT2D eigenvalue weighted by atomic mass is 16.5. The van der Waals surface area contributed by atoms with Crippen LogP contribution in [0.5, 0.6) is 0 Å². The monoisotopic (exact) mass is 335 g/mol. The predicted octanol–water partition coefficient (Wildman–Crippen LogP) is 5.31. The van der Waals surface area contributed by atoms with Crippen molar-refractivity contribution in [1.29, 1.82) is 0 Å². The van der Waals surface area contributed by atoms with Crippen LogP contribution in [0.1, 0.15) is 44.2 Å². The molecule has 2 nitrogen and oxygen atoms in total. The smallest absolute Gasteiger partial charge is 0.0631 e. The Bertz CT molecular complexity index is 678. The minimum Gasteiger partial charge on any atom is -0.376 e. The van der Waals surface area contributed by atoms with E-state index in [1.165, 1.54) is 11.1 Å². The molecule has 0 bridgehead atoms. The number of hydrogen-bond donors (Lipinski definition) is 0. The van der Waals surface area contributed by atoms with Gasteiger partial charge in [0, 0.05) is 19.4 Å². The molecule has 1 heterocycles. The Hall–Kier alpha value is -1.93. The van der Waals surface area contributed by atoms with Crippen molar-refractivity contribution in [3.63, 3.8) is 0 Å². The third-order valence-corrected chi connectivity index (χ3v) is 5.16. The van der Waals surface area contributed by atoms with Gasteiger partial charge in [-0.05, 0) is 56.1 Å². The molecule has 1 fully saturated rings. The van der Waals surface area contributed by atoms with Gasteiger partial charge in [-0.3, -0.25) is 4.99 Å². The van der Waals surface area contributed by atoms with Crippen molar-refractivity contribution in [3.8, 4) is 0 Å². The zero-order valence-electron chi connectivity index (χ0n) is 15.4. The molecule has 0 amide bonds. The number of hydrogen-bond acceptors (Lipinski definition) is 2. The van der Waals surface area contributed by atoms with Crippen LogP contribution in [0.25, 0.3) is 0 Å². The van der Waals surface area contributed by atoms with Gasteiger partial charge in [-0.2, -0.15) is 0 Å². The van der Waals surface area contributed by atoms with E-state index in [4.69, 9.17) is 9.73 Å². The van der Waals surface area contributed by atoms with Crippen molar-refractivity contribution in [2.75, 3.05) is 13.2 Å². The minimum absolute atomic E-state index is 0.0455. The van der Waals surface area contributed by atoms with Crippen molar-refractivity contribution in [2.45, 2.75) is 45.1 Å². The van der Waals surface area contributed by atoms with Gasteiger partial charge in [0.05, 0.1) is 5.60 Å². The van der Waals surface area contributed by atoms with E-state index in [9.17, 15) is 0 Å². The van der Waals surface area contributed by atoms with E-state index >= 15 is 0 Å². The number of aliphatic imine (C=N–C) groups is 1. The Labute approximate surface area is 152 Å². The van der Waals surface area contributed by atoms with Gasteiger partial charge in [-0.1, -0.05) is 60.7 Å². The van der Waals surface area contributed by atoms with Crippen LogP contribution < -0.4 is 0 Å². The number of nitrogens with zero attached hydrogens (tertiary/aromatic N) is 1. The van der Waals surface area contributed by atoms with Crippen molar-refractivity contribution < 1.29 is 4.74 Å². The van der Waals surface area contributed by atoms with Crippen LogP contribution in [0.3, 0.4) is 0 Å². The summed E-state index contributed by atoms with van der Waals surface area (Å²) in [6.45, 7) is 6.17. The molecule has 1 aliphatic rings. The highest BCUT2D eigenvalue weighted by molar-refractivity contribution is 5.79. The Balaban J connectivity index is 1.69. The SMILES string of the molecule is CC1(C)CC(CCN=Cc2ccccc2)(Cc2ccccc2)CCO1. The number of ether oxygens (including phenoxy) is 1. The van der Waals surface area contributed by atoms with Crippen molar-refractivity contribution in [3.05, 3.63) is 71.8 Å². The molecule has 0 radical (unpaired) electrons. The molecule has 132 valence electrons. The first kappa shape index (κ1) is 17.9. The average Bonchev–Trinajstić information content (AvgIpc) is 2.60. The Morgan fingerprint density at radius 3 is 2.36 bits per heavy atom. The molecule has 1 aliphatic heterocycles. The van der Waals surface area contributed by atoms with E-state index in [1.807, 2.05) is 12.3 Å². The van der Waals surface area contributed by atoms with Crippen LogP contribution in [0, 0.1) is 5.41 Å². The van der Waals surface area contributed by atoms with Crippen molar-refractivity contribution in [2.24, 2.45) is 10.4 Å². The molecule has 1 unspecified atom stereocenters. The predicted molar refractivity (Wildman–Crippen MR) is 105 cm³/mol. The topological polar surface area (TPSA) is 21.6 Å². The fourth-order valence-corrected chi connectivity index (χ4v) is 4.08. The summed E-state index contributed by atoms with van der Waals surface area (Å²) in [7, 11) is 0. The lowest BCUT2D eigenvalue weighted by molar-refractivity contribution is -0.106. The highest BCUT2D eigenvalue weighted by Crippen LogP contribution is 2.44. The summed E-state index contributed by atoms with van der Waals surface area (Å²) in [5, 5.41) is 0. The molecule has 2 aromatic carbocycles. The molecule has 3 rings (SSSR count). The van der Waals surface area contributed by atoms with E-state index in [0.29, 0.717) is 0 Å². The van der Waals surface area contributed by atoms with Crippen LogP contribution in [-0.2, 0) is 11.2 Å². The molecule has 0 saturated carbocycles. The van der Waals surface area contributed by atoms with Crippen LogP contribution in [-0.4, -0.2) is 25.0 Å². The Morgan fingerprint density at radius 1 is 1.00 bits per heavy atom. The summed E-state index contributed by atoms with van der Waals surface area (Å²) in [6, 6.07) is 21.2. The maximum atomic E-state index is 6.00. The largest absolute Gasteiger partial charge is 0.376 e. The van der Waals surface area contributed by atoms with Gasteiger partial charge in [0.1, 0.15) is 0 Å². The van der Waals surface area contributed by atoms with Crippen LogP contribution >= 0.6 is 0 Å². The molecule has 0 aromatic heterocycles. The second kappa shape index (κ2) is 7.97. The van der Waals surface area contributed by atoms with E-state index in [-0.39, 0.29) is 11.0 Å². The molecule has 2 aromatic rings. The summed E-state index contributed by atoms with van der Waals surface area (Å²) in [5.74, 6) is 0. The Morgan fingerprint density at radius 2 is 1.68 bits per heavy atom. The maximum absolute atomic E-state index is 6.00.